The van der Waals surface area contributed by atoms with Crippen molar-refractivity contribution in [3.05, 3.63) is 52.3 Å². The van der Waals surface area contributed by atoms with Crippen LogP contribution in [0.1, 0.15) is 15.9 Å². The molecular weight excluding hydrogens is 294 g/mol. The van der Waals surface area contributed by atoms with Crippen LogP contribution in [0.3, 0.4) is 0 Å². The molecule has 0 atom stereocenters. The number of benzene rings is 1. The molecule has 0 aliphatic carbocycles. The topological polar surface area (TPSA) is 68.0 Å². The Morgan fingerprint density at radius 2 is 2.17 bits per heavy atom. The molecule has 1 aromatic carbocycles. The minimum absolute atomic E-state index is 0.237. The quantitative estimate of drug-likeness (QED) is 0.838. The SMILES string of the molecule is Cc1ccc(C(=O)Nc2ccncc2Br)c(N)c1. The second kappa shape index (κ2) is 5.18. The first-order valence-electron chi connectivity index (χ1n) is 5.35. The van der Waals surface area contributed by atoms with Crippen LogP contribution in [0.25, 0.3) is 0 Å². The number of nitrogens with two attached hydrogens (primary N) is 1. The Labute approximate surface area is 113 Å². The number of aryl methyl sites for hydroxylation is 1. The predicted octanol–water partition coefficient (Wildman–Crippen LogP) is 2.99. The van der Waals surface area contributed by atoms with Crippen molar-refractivity contribution in [3.63, 3.8) is 0 Å². The van der Waals surface area contributed by atoms with E-state index in [4.69, 9.17) is 5.73 Å². The fourth-order valence-electron chi connectivity index (χ4n) is 1.56. The molecule has 0 aliphatic heterocycles. The monoisotopic (exact) mass is 305 g/mol. The summed E-state index contributed by atoms with van der Waals surface area (Å²) in [7, 11) is 0. The average Bonchev–Trinajstić information content (AvgIpc) is 2.32. The van der Waals surface area contributed by atoms with Crippen molar-refractivity contribution in [2.45, 2.75) is 6.92 Å². The molecule has 2 aromatic rings. The number of carbonyl (C=O) groups excluding carboxylic acids is 1. The maximum absolute atomic E-state index is 12.1. The van der Waals surface area contributed by atoms with Gasteiger partial charge in [-0.15, -0.1) is 0 Å². The summed E-state index contributed by atoms with van der Waals surface area (Å²) >= 11 is 3.32. The number of carbonyl (C=O) groups is 1. The first kappa shape index (κ1) is 12.6. The molecule has 0 aliphatic rings. The fraction of sp³-hybridized carbons (Fsp3) is 0.0769. The van der Waals surface area contributed by atoms with Crippen LogP contribution in [0.4, 0.5) is 11.4 Å². The molecule has 0 unspecified atom stereocenters. The number of amides is 1. The van der Waals surface area contributed by atoms with Crippen LogP contribution in [0.5, 0.6) is 0 Å². The molecule has 0 radical (unpaired) electrons. The van der Waals surface area contributed by atoms with Gasteiger partial charge >= 0.3 is 0 Å². The zero-order valence-electron chi connectivity index (χ0n) is 9.77. The summed E-state index contributed by atoms with van der Waals surface area (Å²) in [4.78, 5) is 16.0. The third-order valence-electron chi connectivity index (χ3n) is 2.47. The van der Waals surface area contributed by atoms with Crippen molar-refractivity contribution in [1.82, 2.24) is 4.98 Å². The summed E-state index contributed by atoms with van der Waals surface area (Å²) in [5.41, 5.74) is 8.45. The van der Waals surface area contributed by atoms with E-state index in [2.05, 4.69) is 26.2 Å². The zero-order chi connectivity index (χ0) is 13.1. The van der Waals surface area contributed by atoms with Crippen molar-refractivity contribution in [1.29, 1.82) is 0 Å². The van der Waals surface area contributed by atoms with E-state index in [-0.39, 0.29) is 5.91 Å². The highest BCUT2D eigenvalue weighted by molar-refractivity contribution is 9.10. The van der Waals surface area contributed by atoms with Gasteiger partial charge in [0.15, 0.2) is 0 Å². The van der Waals surface area contributed by atoms with Crippen LogP contribution in [-0.2, 0) is 0 Å². The van der Waals surface area contributed by atoms with Gasteiger partial charge < -0.3 is 11.1 Å². The van der Waals surface area contributed by atoms with Crippen molar-refractivity contribution < 1.29 is 4.79 Å². The molecule has 2 rings (SSSR count). The number of aromatic nitrogens is 1. The van der Waals surface area contributed by atoms with E-state index in [1.165, 1.54) is 0 Å². The van der Waals surface area contributed by atoms with Crippen LogP contribution >= 0.6 is 15.9 Å². The third kappa shape index (κ3) is 2.68. The Hall–Kier alpha value is -1.88. The molecule has 0 saturated carbocycles. The Balaban J connectivity index is 2.25. The molecule has 4 nitrogen and oxygen atoms in total. The van der Waals surface area contributed by atoms with Crippen LogP contribution < -0.4 is 11.1 Å². The largest absolute Gasteiger partial charge is 0.398 e. The highest BCUT2D eigenvalue weighted by atomic mass is 79.9. The van der Waals surface area contributed by atoms with Crippen LogP contribution in [0, 0.1) is 6.92 Å². The van der Waals surface area contributed by atoms with Crippen molar-refractivity contribution >= 4 is 33.2 Å². The van der Waals surface area contributed by atoms with E-state index >= 15 is 0 Å². The smallest absolute Gasteiger partial charge is 0.257 e. The number of hydrogen-bond acceptors (Lipinski definition) is 3. The second-order valence-electron chi connectivity index (χ2n) is 3.90. The lowest BCUT2D eigenvalue weighted by Crippen LogP contribution is -2.14. The van der Waals surface area contributed by atoms with Gasteiger partial charge in [-0.2, -0.15) is 0 Å². The Bertz CT molecular complexity index is 599. The van der Waals surface area contributed by atoms with Crippen molar-refractivity contribution in [3.8, 4) is 0 Å². The first-order chi connectivity index (χ1) is 8.58. The minimum atomic E-state index is -0.237. The second-order valence-corrected chi connectivity index (χ2v) is 4.75. The molecule has 92 valence electrons. The number of nitrogens with one attached hydrogen (secondary N) is 1. The van der Waals surface area contributed by atoms with E-state index in [0.717, 1.165) is 10.0 Å². The van der Waals surface area contributed by atoms with Gasteiger partial charge in [0.05, 0.1) is 15.7 Å². The number of nitrogens with zero attached hydrogens (tertiary/aromatic N) is 1. The highest BCUT2D eigenvalue weighted by Crippen LogP contribution is 2.22. The molecule has 0 bridgehead atoms. The van der Waals surface area contributed by atoms with Gasteiger partial charge in [-0.3, -0.25) is 9.78 Å². The normalized spacial score (nSPS) is 10.1. The first-order valence-corrected chi connectivity index (χ1v) is 6.14. The Kier molecular flexibility index (Phi) is 3.62. The lowest BCUT2D eigenvalue weighted by atomic mass is 10.1. The van der Waals surface area contributed by atoms with E-state index in [1.54, 1.807) is 30.6 Å². The number of halogens is 1. The molecule has 18 heavy (non-hydrogen) atoms. The predicted molar refractivity (Wildman–Crippen MR) is 75.5 cm³/mol. The molecule has 0 saturated heterocycles. The van der Waals surface area contributed by atoms with Gasteiger partial charge in [0.25, 0.3) is 5.91 Å². The summed E-state index contributed by atoms with van der Waals surface area (Å²) in [6, 6.07) is 7.06. The molecule has 3 N–H and O–H groups in total. The maximum Gasteiger partial charge on any atom is 0.257 e. The standard InChI is InChI=1S/C13H12BrN3O/c1-8-2-3-9(11(15)6-8)13(18)17-12-4-5-16-7-10(12)14/h2-7H,15H2,1H3,(H,16,17,18). The van der Waals surface area contributed by atoms with Gasteiger partial charge in [0.2, 0.25) is 0 Å². The van der Waals surface area contributed by atoms with Crippen molar-refractivity contribution in [2.24, 2.45) is 0 Å². The van der Waals surface area contributed by atoms with Gasteiger partial charge in [0, 0.05) is 18.1 Å². The molecule has 1 amide bonds. The van der Waals surface area contributed by atoms with Crippen LogP contribution in [-0.4, -0.2) is 10.9 Å². The van der Waals surface area contributed by atoms with Crippen LogP contribution in [0.15, 0.2) is 41.1 Å². The third-order valence-corrected chi connectivity index (χ3v) is 3.10. The van der Waals surface area contributed by atoms with Gasteiger partial charge in [0.1, 0.15) is 0 Å². The number of rotatable bonds is 2. The van der Waals surface area contributed by atoms with E-state index in [1.807, 2.05) is 13.0 Å². The summed E-state index contributed by atoms with van der Waals surface area (Å²) in [5, 5.41) is 2.78. The number of hydrogen-bond donors (Lipinski definition) is 2. The molecular formula is C13H12BrN3O. The minimum Gasteiger partial charge on any atom is -0.398 e. The molecule has 0 spiro atoms. The fourth-order valence-corrected chi connectivity index (χ4v) is 1.90. The van der Waals surface area contributed by atoms with Gasteiger partial charge in [-0.25, -0.2) is 0 Å². The summed E-state index contributed by atoms with van der Waals surface area (Å²) in [6.07, 6.45) is 3.23. The number of pyridine rings is 1. The molecule has 0 fully saturated rings. The lowest BCUT2D eigenvalue weighted by molar-refractivity contribution is 0.102. The Morgan fingerprint density at radius 3 is 2.83 bits per heavy atom. The lowest BCUT2D eigenvalue weighted by Gasteiger charge is -2.09. The van der Waals surface area contributed by atoms with E-state index in [0.29, 0.717) is 16.9 Å². The van der Waals surface area contributed by atoms with Gasteiger partial charge in [-0.1, -0.05) is 6.07 Å². The molecule has 1 heterocycles. The number of anilines is 2. The van der Waals surface area contributed by atoms with E-state index < -0.39 is 0 Å². The molecule has 5 heteroatoms. The van der Waals surface area contributed by atoms with Gasteiger partial charge in [-0.05, 0) is 46.6 Å². The van der Waals surface area contributed by atoms with E-state index in [9.17, 15) is 4.79 Å². The summed E-state index contributed by atoms with van der Waals surface area (Å²) in [6.45, 7) is 1.93. The Morgan fingerprint density at radius 1 is 1.39 bits per heavy atom. The number of nitrogen functional groups attached to an aromatic ring is 1. The van der Waals surface area contributed by atoms with Crippen LogP contribution in [0.2, 0.25) is 0 Å². The summed E-state index contributed by atoms with van der Waals surface area (Å²) in [5.74, 6) is -0.237. The molecule has 1 aromatic heterocycles. The van der Waals surface area contributed by atoms with Crippen molar-refractivity contribution in [2.75, 3.05) is 11.1 Å². The zero-order valence-corrected chi connectivity index (χ0v) is 11.4. The maximum atomic E-state index is 12.1. The summed E-state index contributed by atoms with van der Waals surface area (Å²) < 4.78 is 0.726. The average molecular weight is 306 g/mol. The highest BCUT2D eigenvalue weighted by Gasteiger charge is 2.11.